The fourth-order valence-electron chi connectivity index (χ4n) is 3.91. The minimum absolute atomic E-state index is 0. The number of hydrogen-bond donors (Lipinski definition) is 1. The summed E-state index contributed by atoms with van der Waals surface area (Å²) < 4.78 is 5.96. The van der Waals surface area contributed by atoms with Crippen LogP contribution in [0.15, 0.2) is 28.7 Å². The molecule has 1 aromatic carbocycles. The number of para-hydroxylation sites is 1. The zero-order chi connectivity index (χ0) is 16.0. The lowest BCUT2D eigenvalue weighted by molar-refractivity contribution is 0.0750. The van der Waals surface area contributed by atoms with Crippen molar-refractivity contribution < 1.29 is 9.21 Å². The van der Waals surface area contributed by atoms with Crippen LogP contribution >= 0.6 is 24.8 Å². The van der Waals surface area contributed by atoms with E-state index in [2.05, 4.69) is 10.2 Å². The fraction of sp³-hybridized carbons (Fsp3) is 0.500. The van der Waals surface area contributed by atoms with Crippen LogP contribution in [0.5, 0.6) is 0 Å². The van der Waals surface area contributed by atoms with Gasteiger partial charge in [-0.3, -0.25) is 4.79 Å². The second-order valence-electron chi connectivity index (χ2n) is 7.03. The van der Waals surface area contributed by atoms with Crippen LogP contribution in [0, 0.1) is 11.8 Å². The van der Waals surface area contributed by atoms with Gasteiger partial charge in [-0.1, -0.05) is 18.2 Å². The van der Waals surface area contributed by atoms with Crippen molar-refractivity contribution in [1.82, 2.24) is 15.1 Å². The van der Waals surface area contributed by atoms with Crippen LogP contribution < -0.4 is 5.32 Å². The summed E-state index contributed by atoms with van der Waals surface area (Å²) in [7, 11) is 4.03. The second-order valence-corrected chi connectivity index (χ2v) is 7.03. The molecule has 4 rings (SSSR count). The highest BCUT2D eigenvalue weighted by molar-refractivity contribution is 5.99. The van der Waals surface area contributed by atoms with Gasteiger partial charge in [0.15, 0.2) is 5.76 Å². The van der Waals surface area contributed by atoms with Crippen molar-refractivity contribution in [3.8, 4) is 0 Å². The van der Waals surface area contributed by atoms with E-state index in [1.807, 2.05) is 43.3 Å². The van der Waals surface area contributed by atoms with Crippen molar-refractivity contribution in [2.45, 2.75) is 6.54 Å². The summed E-state index contributed by atoms with van der Waals surface area (Å²) in [6.07, 6.45) is 0. The van der Waals surface area contributed by atoms with Gasteiger partial charge in [0.2, 0.25) is 0 Å². The first-order chi connectivity index (χ1) is 11.1. The number of fused-ring (bicyclic) bond motifs is 2. The minimum Gasteiger partial charge on any atom is -0.451 e. The first-order valence-corrected chi connectivity index (χ1v) is 8.28. The number of amides is 1. The fourth-order valence-corrected chi connectivity index (χ4v) is 3.91. The van der Waals surface area contributed by atoms with E-state index in [0.717, 1.165) is 42.7 Å². The summed E-state index contributed by atoms with van der Waals surface area (Å²) in [4.78, 5) is 17.1. The van der Waals surface area contributed by atoms with E-state index >= 15 is 0 Å². The number of halogens is 2. The highest BCUT2D eigenvalue weighted by Gasteiger charge is 2.39. The lowest BCUT2D eigenvalue weighted by Gasteiger charge is -2.17. The molecule has 5 nitrogen and oxygen atoms in total. The van der Waals surface area contributed by atoms with Gasteiger partial charge >= 0.3 is 0 Å². The molecule has 7 heteroatoms. The van der Waals surface area contributed by atoms with Crippen molar-refractivity contribution in [3.63, 3.8) is 0 Å². The van der Waals surface area contributed by atoms with Gasteiger partial charge in [-0.2, -0.15) is 0 Å². The highest BCUT2D eigenvalue weighted by atomic mass is 35.5. The summed E-state index contributed by atoms with van der Waals surface area (Å²) in [5.74, 6) is 1.77. The molecule has 0 bridgehead atoms. The first kappa shape index (κ1) is 20.0. The van der Waals surface area contributed by atoms with Gasteiger partial charge in [-0.05, 0) is 32.0 Å². The molecule has 2 saturated heterocycles. The van der Waals surface area contributed by atoms with Gasteiger partial charge < -0.3 is 19.5 Å². The van der Waals surface area contributed by atoms with Gasteiger partial charge in [0.1, 0.15) is 5.58 Å². The number of nitrogens with one attached hydrogen (secondary N) is 1. The first-order valence-electron chi connectivity index (χ1n) is 8.28. The predicted octanol–water partition coefficient (Wildman–Crippen LogP) is 2.63. The van der Waals surface area contributed by atoms with Crippen LogP contribution in [0.25, 0.3) is 11.0 Å². The lowest BCUT2D eigenvalue weighted by Crippen LogP contribution is -2.32. The Hall–Kier alpha value is -1.27. The molecule has 2 aromatic rings. The summed E-state index contributed by atoms with van der Waals surface area (Å²) in [5.41, 5.74) is 1.81. The quantitative estimate of drug-likeness (QED) is 0.881. The molecule has 3 heterocycles. The normalized spacial score (nSPS) is 22.0. The molecule has 1 amide bonds. The number of rotatable bonds is 3. The van der Waals surface area contributed by atoms with Gasteiger partial charge in [0, 0.05) is 43.7 Å². The van der Waals surface area contributed by atoms with Gasteiger partial charge in [0.05, 0.1) is 0 Å². The van der Waals surface area contributed by atoms with Crippen LogP contribution in [0.1, 0.15) is 16.1 Å². The molecule has 2 aliphatic heterocycles. The van der Waals surface area contributed by atoms with Crippen molar-refractivity contribution in [2.24, 2.45) is 11.8 Å². The molecule has 2 atom stereocenters. The Morgan fingerprint density at radius 1 is 1.20 bits per heavy atom. The summed E-state index contributed by atoms with van der Waals surface area (Å²) in [6.45, 7) is 4.45. The Bertz CT molecular complexity index is 735. The smallest absolute Gasteiger partial charge is 0.289 e. The number of nitrogens with zero attached hydrogens (tertiary/aromatic N) is 2. The Balaban J connectivity index is 0.00000113. The third-order valence-corrected chi connectivity index (χ3v) is 5.04. The average Bonchev–Trinajstić information content (AvgIpc) is 3.19. The maximum atomic E-state index is 13.0. The molecule has 0 aliphatic carbocycles. The monoisotopic (exact) mass is 385 g/mol. The van der Waals surface area contributed by atoms with E-state index in [9.17, 15) is 4.79 Å². The van der Waals surface area contributed by atoms with Gasteiger partial charge in [-0.25, -0.2) is 0 Å². The molecule has 0 saturated carbocycles. The highest BCUT2D eigenvalue weighted by Crippen LogP contribution is 2.31. The van der Waals surface area contributed by atoms with Crippen LogP contribution in [0.4, 0.5) is 0 Å². The molecule has 0 spiro atoms. The number of carbonyl (C=O) groups excluding carboxylic acids is 1. The Morgan fingerprint density at radius 2 is 1.84 bits per heavy atom. The third kappa shape index (κ3) is 3.65. The third-order valence-electron chi connectivity index (χ3n) is 5.04. The van der Waals surface area contributed by atoms with Crippen LogP contribution in [-0.4, -0.2) is 56.0 Å². The Morgan fingerprint density at radius 3 is 2.48 bits per heavy atom. The second kappa shape index (κ2) is 7.96. The predicted molar refractivity (Wildman–Crippen MR) is 104 cm³/mol. The van der Waals surface area contributed by atoms with E-state index in [1.54, 1.807) is 0 Å². The van der Waals surface area contributed by atoms with Gasteiger partial charge in [0.25, 0.3) is 5.91 Å². The van der Waals surface area contributed by atoms with Crippen LogP contribution in [0.2, 0.25) is 0 Å². The van der Waals surface area contributed by atoms with Crippen molar-refractivity contribution in [3.05, 3.63) is 35.6 Å². The minimum atomic E-state index is 0. The van der Waals surface area contributed by atoms with Crippen molar-refractivity contribution >= 4 is 41.7 Å². The maximum Gasteiger partial charge on any atom is 0.289 e. The number of benzene rings is 1. The molecular weight excluding hydrogens is 361 g/mol. The summed E-state index contributed by atoms with van der Waals surface area (Å²) in [5, 5.41) is 4.46. The van der Waals surface area contributed by atoms with Crippen molar-refractivity contribution in [2.75, 3.05) is 40.3 Å². The number of likely N-dealkylation sites (tertiary alicyclic amines) is 1. The van der Waals surface area contributed by atoms with Crippen molar-refractivity contribution in [1.29, 1.82) is 0 Å². The molecule has 1 N–H and O–H groups in total. The Labute approximate surface area is 160 Å². The zero-order valence-corrected chi connectivity index (χ0v) is 16.2. The maximum absolute atomic E-state index is 13.0. The number of furan rings is 1. The zero-order valence-electron chi connectivity index (χ0n) is 14.5. The molecule has 0 unspecified atom stereocenters. The lowest BCUT2D eigenvalue weighted by atomic mass is 10.0. The van der Waals surface area contributed by atoms with E-state index < -0.39 is 0 Å². The largest absolute Gasteiger partial charge is 0.451 e. The SMILES string of the molecule is CN(C)Cc1c(C(=O)N2C[C@H]3CNC[C@H]3C2)oc2ccccc12.Cl.Cl. The Kier molecular flexibility index (Phi) is 6.38. The number of hydrogen-bond acceptors (Lipinski definition) is 4. The summed E-state index contributed by atoms with van der Waals surface area (Å²) >= 11 is 0. The average molecular weight is 386 g/mol. The van der Waals surface area contributed by atoms with E-state index in [4.69, 9.17) is 4.42 Å². The molecule has 0 radical (unpaired) electrons. The molecule has 1 aromatic heterocycles. The van der Waals surface area contributed by atoms with Gasteiger partial charge in [-0.15, -0.1) is 24.8 Å². The molecule has 25 heavy (non-hydrogen) atoms. The van der Waals surface area contributed by atoms with Crippen LogP contribution in [0.3, 0.4) is 0 Å². The molecule has 2 fully saturated rings. The molecular formula is C18H25Cl2N3O2. The van der Waals surface area contributed by atoms with E-state index in [-0.39, 0.29) is 30.7 Å². The topological polar surface area (TPSA) is 48.7 Å². The van der Waals surface area contributed by atoms with Crippen LogP contribution in [-0.2, 0) is 6.54 Å². The standard InChI is InChI=1S/C18H23N3O2.2ClH/c1-20(2)11-15-14-5-3-4-6-16(14)23-17(15)18(22)21-9-12-7-19-8-13(12)10-21;;/h3-6,12-13,19H,7-11H2,1-2H3;2*1H/t12-,13+;;. The summed E-state index contributed by atoms with van der Waals surface area (Å²) in [6, 6.07) is 7.92. The van der Waals surface area contributed by atoms with E-state index in [1.165, 1.54) is 0 Å². The molecule has 2 aliphatic rings. The van der Waals surface area contributed by atoms with E-state index in [0.29, 0.717) is 24.1 Å². The number of carbonyl (C=O) groups is 1. The molecule has 138 valence electrons.